The Morgan fingerprint density at radius 1 is 1.33 bits per heavy atom. The molecule has 54 valence electrons. The van der Waals surface area contributed by atoms with Crippen molar-refractivity contribution in [2.24, 2.45) is 0 Å². The van der Waals surface area contributed by atoms with Crippen molar-refractivity contribution in [3.05, 3.63) is 12.2 Å². The van der Waals surface area contributed by atoms with E-state index in [1.165, 1.54) is 0 Å². The zero-order valence-corrected chi connectivity index (χ0v) is 4.63. The van der Waals surface area contributed by atoms with Crippen molar-refractivity contribution >= 4 is 0 Å². The van der Waals surface area contributed by atoms with E-state index in [-0.39, 0.29) is 0 Å². The molecule has 0 unspecified atom stereocenters. The smallest absolute Gasteiger partial charge is 0.251 e. The van der Waals surface area contributed by atoms with Crippen LogP contribution in [0, 0.1) is 0 Å². The summed E-state index contributed by atoms with van der Waals surface area (Å²) in [7, 11) is 0. The normalized spacial score (nSPS) is 11.6. The molecule has 0 atom stereocenters. The first kappa shape index (κ1) is 8.46. The minimum absolute atomic E-state index is 0.622. The highest BCUT2D eigenvalue weighted by Gasteiger charge is 2.30. The van der Waals surface area contributed by atoms with Crippen LogP contribution < -0.4 is 0 Å². The molecular weight excluding hydrogens is 136 g/mol. The standard InChI is InChI=1S/C5H6F4/c1-4(2-3-6)5(7,8)9/h1-3H2. The molecule has 0 N–H and O–H groups in total. The van der Waals surface area contributed by atoms with E-state index in [4.69, 9.17) is 0 Å². The first-order valence-corrected chi connectivity index (χ1v) is 2.29. The van der Waals surface area contributed by atoms with E-state index in [9.17, 15) is 17.6 Å². The topological polar surface area (TPSA) is 0 Å². The lowest BCUT2D eigenvalue weighted by Crippen LogP contribution is -2.10. The van der Waals surface area contributed by atoms with Crippen molar-refractivity contribution in [2.75, 3.05) is 6.67 Å². The second-order valence-corrected chi connectivity index (χ2v) is 1.54. The fourth-order valence-corrected chi connectivity index (χ4v) is 0.256. The summed E-state index contributed by atoms with van der Waals surface area (Å²) in [4.78, 5) is 0. The van der Waals surface area contributed by atoms with Crippen LogP contribution in [-0.2, 0) is 0 Å². The minimum Gasteiger partial charge on any atom is -0.251 e. The number of hydrogen-bond acceptors (Lipinski definition) is 0. The SMILES string of the molecule is C=C(CCF)C(F)(F)F. The molecule has 9 heavy (non-hydrogen) atoms. The Labute approximate surface area is 50.2 Å². The summed E-state index contributed by atoms with van der Waals surface area (Å²) in [6, 6.07) is 0. The predicted octanol–water partition coefficient (Wildman–Crippen LogP) is 2.46. The highest BCUT2D eigenvalue weighted by Crippen LogP contribution is 2.25. The maximum Gasteiger partial charge on any atom is 0.412 e. The zero-order valence-electron chi connectivity index (χ0n) is 4.63. The molecule has 0 aliphatic heterocycles. The summed E-state index contributed by atoms with van der Waals surface area (Å²) in [6.45, 7) is 1.65. The lowest BCUT2D eigenvalue weighted by Gasteiger charge is -2.06. The van der Waals surface area contributed by atoms with Gasteiger partial charge in [-0.15, -0.1) is 0 Å². The molecule has 0 bridgehead atoms. The molecule has 0 amide bonds. The summed E-state index contributed by atoms with van der Waals surface area (Å²) in [5.74, 6) is 0. The van der Waals surface area contributed by atoms with Gasteiger partial charge in [0.2, 0.25) is 0 Å². The van der Waals surface area contributed by atoms with Gasteiger partial charge in [0.25, 0.3) is 0 Å². The van der Waals surface area contributed by atoms with Gasteiger partial charge >= 0.3 is 6.18 Å². The van der Waals surface area contributed by atoms with Crippen LogP contribution in [0.3, 0.4) is 0 Å². The van der Waals surface area contributed by atoms with E-state index in [2.05, 4.69) is 6.58 Å². The number of halogens is 4. The van der Waals surface area contributed by atoms with E-state index >= 15 is 0 Å². The molecule has 0 nitrogen and oxygen atoms in total. The fraction of sp³-hybridized carbons (Fsp3) is 0.600. The number of rotatable bonds is 2. The average Bonchev–Trinajstić information content (AvgIpc) is 1.64. The number of allylic oxidation sites excluding steroid dienone is 1. The minimum atomic E-state index is -4.42. The maximum atomic E-state index is 11.4. The second kappa shape index (κ2) is 2.85. The Balaban J connectivity index is 3.74. The molecule has 0 aromatic carbocycles. The van der Waals surface area contributed by atoms with Crippen molar-refractivity contribution < 1.29 is 17.6 Å². The van der Waals surface area contributed by atoms with E-state index in [1.807, 2.05) is 0 Å². The van der Waals surface area contributed by atoms with Crippen LogP contribution in [0.1, 0.15) is 6.42 Å². The summed E-state index contributed by atoms with van der Waals surface area (Å²) >= 11 is 0. The first-order valence-electron chi connectivity index (χ1n) is 2.29. The van der Waals surface area contributed by atoms with Gasteiger partial charge in [-0.1, -0.05) is 6.58 Å². The Morgan fingerprint density at radius 3 is 1.89 bits per heavy atom. The quantitative estimate of drug-likeness (QED) is 0.410. The molecule has 0 aromatic heterocycles. The van der Waals surface area contributed by atoms with Gasteiger partial charge in [-0.2, -0.15) is 13.2 Å². The summed E-state index contributed by atoms with van der Waals surface area (Å²) in [5.41, 5.74) is -1.01. The van der Waals surface area contributed by atoms with Crippen molar-refractivity contribution in [1.82, 2.24) is 0 Å². The highest BCUT2D eigenvalue weighted by molar-refractivity contribution is 5.01. The molecular formula is C5H6F4. The van der Waals surface area contributed by atoms with Gasteiger partial charge in [0.15, 0.2) is 0 Å². The number of hydrogen-bond donors (Lipinski definition) is 0. The molecule has 0 aromatic rings. The van der Waals surface area contributed by atoms with Gasteiger partial charge in [-0.3, -0.25) is 4.39 Å². The van der Waals surface area contributed by atoms with Crippen LogP contribution in [0.4, 0.5) is 17.6 Å². The Kier molecular flexibility index (Phi) is 2.67. The highest BCUT2D eigenvalue weighted by atomic mass is 19.4. The van der Waals surface area contributed by atoms with Crippen LogP contribution in [0.25, 0.3) is 0 Å². The molecule has 0 aliphatic rings. The van der Waals surface area contributed by atoms with Crippen LogP contribution in [0.2, 0.25) is 0 Å². The lowest BCUT2D eigenvalue weighted by molar-refractivity contribution is -0.0939. The summed E-state index contributed by atoms with van der Waals surface area (Å²) in [6.07, 6.45) is -5.05. The molecule has 0 saturated carbocycles. The zero-order chi connectivity index (χ0) is 7.49. The maximum absolute atomic E-state index is 11.4. The first-order chi connectivity index (χ1) is 3.98. The average molecular weight is 142 g/mol. The summed E-state index contributed by atoms with van der Waals surface area (Å²) < 4.78 is 45.3. The predicted molar refractivity (Wildman–Crippen MR) is 25.8 cm³/mol. The van der Waals surface area contributed by atoms with Crippen molar-refractivity contribution in [1.29, 1.82) is 0 Å². The third kappa shape index (κ3) is 3.11. The van der Waals surface area contributed by atoms with E-state index in [1.54, 1.807) is 0 Å². The second-order valence-electron chi connectivity index (χ2n) is 1.54. The van der Waals surface area contributed by atoms with Crippen molar-refractivity contribution in [3.8, 4) is 0 Å². The van der Waals surface area contributed by atoms with Gasteiger partial charge < -0.3 is 0 Å². The molecule has 4 heteroatoms. The van der Waals surface area contributed by atoms with Gasteiger partial charge in [0.1, 0.15) is 0 Å². The molecule has 0 radical (unpaired) electrons. The Bertz CT molecular complexity index is 102. The van der Waals surface area contributed by atoms with E-state index < -0.39 is 24.8 Å². The van der Waals surface area contributed by atoms with E-state index in [0.717, 1.165) is 0 Å². The number of alkyl halides is 4. The summed E-state index contributed by atoms with van der Waals surface area (Å²) in [5, 5.41) is 0. The molecule has 0 spiro atoms. The lowest BCUT2D eigenvalue weighted by atomic mass is 10.2. The Hall–Kier alpha value is -0.540. The monoisotopic (exact) mass is 142 g/mol. The Morgan fingerprint density at radius 2 is 1.78 bits per heavy atom. The largest absolute Gasteiger partial charge is 0.412 e. The molecule has 0 heterocycles. The van der Waals surface area contributed by atoms with Crippen molar-refractivity contribution in [2.45, 2.75) is 12.6 Å². The van der Waals surface area contributed by atoms with Gasteiger partial charge in [-0.05, 0) is 0 Å². The van der Waals surface area contributed by atoms with Crippen LogP contribution in [0.5, 0.6) is 0 Å². The van der Waals surface area contributed by atoms with Crippen molar-refractivity contribution in [3.63, 3.8) is 0 Å². The fourth-order valence-electron chi connectivity index (χ4n) is 0.256. The third-order valence-electron chi connectivity index (χ3n) is 0.797. The molecule has 0 saturated heterocycles. The van der Waals surface area contributed by atoms with Gasteiger partial charge in [0.05, 0.1) is 6.67 Å². The third-order valence-corrected chi connectivity index (χ3v) is 0.797. The van der Waals surface area contributed by atoms with Crippen LogP contribution in [0.15, 0.2) is 12.2 Å². The van der Waals surface area contributed by atoms with Gasteiger partial charge in [0, 0.05) is 12.0 Å². The molecule has 0 rings (SSSR count). The van der Waals surface area contributed by atoms with E-state index in [0.29, 0.717) is 0 Å². The van der Waals surface area contributed by atoms with Crippen LogP contribution >= 0.6 is 0 Å². The molecule has 0 aliphatic carbocycles. The van der Waals surface area contributed by atoms with Crippen LogP contribution in [-0.4, -0.2) is 12.9 Å². The molecule has 0 fully saturated rings. The van der Waals surface area contributed by atoms with Gasteiger partial charge in [-0.25, -0.2) is 0 Å².